The Morgan fingerprint density at radius 1 is 1.20 bits per heavy atom. The van der Waals surface area contributed by atoms with E-state index in [1.165, 1.54) is 11.9 Å². The first-order valence-corrected chi connectivity index (χ1v) is 8.78. The van der Waals surface area contributed by atoms with Gasteiger partial charge >= 0.3 is 0 Å². The molecule has 2 N–H and O–H groups in total. The molecule has 1 amide bonds. The van der Waals surface area contributed by atoms with E-state index in [2.05, 4.69) is 15.1 Å². The Bertz CT molecular complexity index is 861. The topological polar surface area (TPSA) is 59.0 Å². The molecule has 0 atom stereocenters. The Kier molecular flexibility index (Phi) is 5.40. The summed E-state index contributed by atoms with van der Waals surface area (Å²) in [5, 5.41) is 7.02. The number of aryl methyl sites for hydroxylation is 2. The Labute approximate surface area is 151 Å². The van der Waals surface area contributed by atoms with E-state index in [0.29, 0.717) is 12.1 Å². The van der Waals surface area contributed by atoms with Gasteiger partial charge in [-0.3, -0.25) is 9.48 Å². The van der Waals surface area contributed by atoms with Gasteiger partial charge in [0.2, 0.25) is 0 Å². The van der Waals surface area contributed by atoms with Gasteiger partial charge in [0.05, 0.1) is 6.20 Å². The number of rotatable bonds is 6. The van der Waals surface area contributed by atoms with Gasteiger partial charge in [-0.1, -0.05) is 24.3 Å². The monoisotopic (exact) mass is 352 g/mol. The van der Waals surface area contributed by atoms with Crippen LogP contribution in [0.1, 0.15) is 21.5 Å². The van der Waals surface area contributed by atoms with E-state index >= 15 is 0 Å². The molecule has 0 aliphatic heterocycles. The zero-order valence-electron chi connectivity index (χ0n) is 14.2. The van der Waals surface area contributed by atoms with E-state index < -0.39 is 0 Å². The van der Waals surface area contributed by atoms with E-state index in [1.54, 1.807) is 10.9 Å². The van der Waals surface area contributed by atoms with Crippen molar-refractivity contribution in [3.05, 3.63) is 77.6 Å². The summed E-state index contributed by atoms with van der Waals surface area (Å²) in [6.45, 7) is 2.48. The molecular formula is C19H20N4OS. The standard InChI is InChI=1S/C19H20N4OS/c1-14-8-9-16(19(24)20-11-15-12-21-23(2)13-15)10-18(14)22-25-17-6-4-3-5-7-17/h3-10,12-13,22H,11H2,1-2H3,(H,20,24). The van der Waals surface area contributed by atoms with Gasteiger partial charge in [0.1, 0.15) is 0 Å². The van der Waals surface area contributed by atoms with Crippen LogP contribution >= 0.6 is 11.9 Å². The lowest BCUT2D eigenvalue weighted by molar-refractivity contribution is 0.0951. The number of aromatic nitrogens is 2. The molecular weight excluding hydrogens is 332 g/mol. The molecule has 0 unspecified atom stereocenters. The Morgan fingerprint density at radius 2 is 2.00 bits per heavy atom. The number of anilines is 1. The van der Waals surface area contributed by atoms with E-state index in [0.717, 1.165) is 21.7 Å². The molecule has 1 aromatic heterocycles. The third kappa shape index (κ3) is 4.64. The van der Waals surface area contributed by atoms with E-state index in [-0.39, 0.29) is 5.91 Å². The van der Waals surface area contributed by atoms with Gasteiger partial charge in [0.25, 0.3) is 5.91 Å². The van der Waals surface area contributed by atoms with Gasteiger partial charge in [0, 0.05) is 41.5 Å². The molecule has 2 aromatic carbocycles. The van der Waals surface area contributed by atoms with E-state index in [9.17, 15) is 4.79 Å². The van der Waals surface area contributed by atoms with Crippen LogP contribution in [0.15, 0.2) is 65.8 Å². The van der Waals surface area contributed by atoms with Crippen molar-refractivity contribution in [2.75, 3.05) is 4.72 Å². The molecule has 0 saturated carbocycles. The van der Waals surface area contributed by atoms with Crippen molar-refractivity contribution >= 4 is 23.5 Å². The third-order valence-electron chi connectivity index (χ3n) is 3.73. The molecule has 0 bridgehead atoms. The summed E-state index contributed by atoms with van der Waals surface area (Å²) in [6.07, 6.45) is 3.64. The first kappa shape index (κ1) is 17.1. The average molecular weight is 352 g/mol. The molecule has 0 spiro atoms. The minimum atomic E-state index is -0.100. The number of hydrogen-bond donors (Lipinski definition) is 2. The summed E-state index contributed by atoms with van der Waals surface area (Å²) < 4.78 is 5.04. The van der Waals surface area contributed by atoms with Crippen LogP contribution in [0.2, 0.25) is 0 Å². The highest BCUT2D eigenvalue weighted by Gasteiger charge is 2.09. The van der Waals surface area contributed by atoms with Crippen LogP contribution in [0.25, 0.3) is 0 Å². The first-order valence-electron chi connectivity index (χ1n) is 7.96. The average Bonchev–Trinajstić information content (AvgIpc) is 3.05. The maximum atomic E-state index is 12.4. The van der Waals surface area contributed by atoms with Crippen molar-refractivity contribution in [3.63, 3.8) is 0 Å². The second kappa shape index (κ2) is 7.90. The molecule has 0 aliphatic rings. The molecule has 1 heterocycles. The minimum Gasteiger partial charge on any atom is -0.348 e. The van der Waals surface area contributed by atoms with Gasteiger partial charge in [-0.2, -0.15) is 5.10 Å². The molecule has 0 radical (unpaired) electrons. The fraction of sp³-hybridized carbons (Fsp3) is 0.158. The predicted octanol–water partition coefficient (Wildman–Crippen LogP) is 3.78. The van der Waals surface area contributed by atoms with Gasteiger partial charge in [-0.25, -0.2) is 0 Å². The van der Waals surface area contributed by atoms with Crippen LogP contribution in [-0.4, -0.2) is 15.7 Å². The number of nitrogens with one attached hydrogen (secondary N) is 2. The number of carbonyl (C=O) groups is 1. The maximum Gasteiger partial charge on any atom is 0.251 e. The highest BCUT2D eigenvalue weighted by Crippen LogP contribution is 2.24. The lowest BCUT2D eigenvalue weighted by Crippen LogP contribution is -2.22. The van der Waals surface area contributed by atoms with E-state index in [1.807, 2.05) is 68.7 Å². The summed E-state index contributed by atoms with van der Waals surface area (Å²) in [5.74, 6) is -0.100. The van der Waals surface area contributed by atoms with Crippen molar-refractivity contribution in [2.45, 2.75) is 18.4 Å². The number of amides is 1. The molecule has 3 rings (SSSR count). The lowest BCUT2D eigenvalue weighted by Gasteiger charge is -2.11. The molecule has 128 valence electrons. The highest BCUT2D eigenvalue weighted by atomic mass is 32.2. The maximum absolute atomic E-state index is 12.4. The molecule has 5 nitrogen and oxygen atoms in total. The van der Waals surface area contributed by atoms with E-state index in [4.69, 9.17) is 0 Å². The molecule has 25 heavy (non-hydrogen) atoms. The van der Waals surface area contributed by atoms with Gasteiger partial charge in [-0.15, -0.1) is 0 Å². The van der Waals surface area contributed by atoms with Crippen LogP contribution in [-0.2, 0) is 13.6 Å². The van der Waals surface area contributed by atoms with Crippen LogP contribution in [0.4, 0.5) is 5.69 Å². The first-order chi connectivity index (χ1) is 12.1. The zero-order valence-corrected chi connectivity index (χ0v) is 15.0. The molecule has 6 heteroatoms. The van der Waals surface area contributed by atoms with Crippen LogP contribution in [0.3, 0.4) is 0 Å². The van der Waals surface area contributed by atoms with Crippen molar-refractivity contribution < 1.29 is 4.79 Å². The van der Waals surface area contributed by atoms with Crippen molar-refractivity contribution in [1.82, 2.24) is 15.1 Å². The Morgan fingerprint density at radius 3 is 2.72 bits per heavy atom. The normalized spacial score (nSPS) is 10.5. The smallest absolute Gasteiger partial charge is 0.251 e. The summed E-state index contributed by atoms with van der Waals surface area (Å²) in [7, 11) is 1.85. The summed E-state index contributed by atoms with van der Waals surface area (Å²) >= 11 is 1.53. The number of hydrogen-bond acceptors (Lipinski definition) is 4. The summed E-state index contributed by atoms with van der Waals surface area (Å²) in [4.78, 5) is 13.5. The van der Waals surface area contributed by atoms with Crippen LogP contribution in [0.5, 0.6) is 0 Å². The number of benzene rings is 2. The van der Waals surface area contributed by atoms with Crippen LogP contribution in [0, 0.1) is 6.92 Å². The highest BCUT2D eigenvalue weighted by molar-refractivity contribution is 8.00. The van der Waals surface area contributed by atoms with Gasteiger partial charge < -0.3 is 10.0 Å². The molecule has 3 aromatic rings. The van der Waals surface area contributed by atoms with Crippen molar-refractivity contribution in [3.8, 4) is 0 Å². The lowest BCUT2D eigenvalue weighted by atomic mass is 10.1. The SMILES string of the molecule is Cc1ccc(C(=O)NCc2cnn(C)c2)cc1NSc1ccccc1. The fourth-order valence-electron chi connectivity index (χ4n) is 2.32. The van der Waals surface area contributed by atoms with Gasteiger partial charge in [0.15, 0.2) is 0 Å². The third-order valence-corrected chi connectivity index (χ3v) is 4.56. The Balaban J connectivity index is 1.64. The quantitative estimate of drug-likeness (QED) is 0.663. The van der Waals surface area contributed by atoms with Crippen molar-refractivity contribution in [1.29, 1.82) is 0 Å². The molecule has 0 fully saturated rings. The van der Waals surface area contributed by atoms with Crippen LogP contribution < -0.4 is 10.0 Å². The molecule has 0 aliphatic carbocycles. The van der Waals surface area contributed by atoms with Gasteiger partial charge in [-0.05, 0) is 48.7 Å². The second-order valence-corrected chi connectivity index (χ2v) is 6.63. The minimum absolute atomic E-state index is 0.100. The number of carbonyl (C=O) groups excluding carboxylic acids is 1. The fourth-order valence-corrected chi connectivity index (χ4v) is 3.06. The Hall–Kier alpha value is -2.73. The number of nitrogens with zero attached hydrogens (tertiary/aromatic N) is 2. The molecule has 0 saturated heterocycles. The summed E-state index contributed by atoms with van der Waals surface area (Å²) in [6, 6.07) is 15.7. The zero-order chi connectivity index (χ0) is 17.6. The second-order valence-electron chi connectivity index (χ2n) is 5.75. The van der Waals surface area contributed by atoms with Crippen molar-refractivity contribution in [2.24, 2.45) is 7.05 Å². The summed E-state index contributed by atoms with van der Waals surface area (Å²) in [5.41, 5.74) is 3.63. The predicted molar refractivity (Wildman–Crippen MR) is 101 cm³/mol. The largest absolute Gasteiger partial charge is 0.348 e.